The van der Waals surface area contributed by atoms with Gasteiger partial charge in [0, 0.05) is 5.56 Å². The highest BCUT2D eigenvalue weighted by Gasteiger charge is 2.15. The first-order valence-corrected chi connectivity index (χ1v) is 11.7. The predicted octanol–water partition coefficient (Wildman–Crippen LogP) is 5.19. The highest BCUT2D eigenvalue weighted by atomic mass is 16.5. The Balaban J connectivity index is 1.49. The molecule has 0 unspecified atom stereocenters. The van der Waals surface area contributed by atoms with Crippen LogP contribution in [0.25, 0.3) is 11.0 Å². The van der Waals surface area contributed by atoms with Crippen LogP contribution in [0.1, 0.15) is 41.5 Å². The number of para-hydroxylation sites is 3. The van der Waals surface area contributed by atoms with E-state index in [1.54, 1.807) is 32.4 Å². The van der Waals surface area contributed by atoms with Crippen LogP contribution in [-0.2, 0) is 13.1 Å². The van der Waals surface area contributed by atoms with Crippen LogP contribution in [0.4, 0.5) is 0 Å². The third-order valence-corrected chi connectivity index (χ3v) is 5.90. The molecule has 0 fully saturated rings. The molecule has 0 atom stereocenters. The maximum atomic E-state index is 12.8. The molecule has 1 N–H and O–H groups in total. The van der Waals surface area contributed by atoms with Gasteiger partial charge in [-0.2, -0.15) is 0 Å². The lowest BCUT2D eigenvalue weighted by molar-refractivity contribution is 0.0949. The number of aromatic nitrogens is 2. The Morgan fingerprint density at radius 3 is 2.46 bits per heavy atom. The summed E-state index contributed by atoms with van der Waals surface area (Å²) in [5.74, 6) is 2.90. The molecule has 4 rings (SSSR count). The number of nitrogens with zero attached hydrogens (tertiary/aromatic N) is 2. The number of amides is 1. The van der Waals surface area contributed by atoms with E-state index >= 15 is 0 Å². The van der Waals surface area contributed by atoms with E-state index in [0.29, 0.717) is 36.1 Å². The van der Waals surface area contributed by atoms with Gasteiger partial charge in [0.15, 0.2) is 11.5 Å². The van der Waals surface area contributed by atoms with E-state index in [-0.39, 0.29) is 12.5 Å². The van der Waals surface area contributed by atoms with Gasteiger partial charge in [-0.25, -0.2) is 4.98 Å². The molecule has 1 heterocycles. The molecule has 0 spiro atoms. The topological polar surface area (TPSA) is 74.6 Å². The fourth-order valence-electron chi connectivity index (χ4n) is 4.08. The molecule has 0 aliphatic rings. The molecular formula is C28H31N3O4. The Morgan fingerprint density at radius 1 is 0.943 bits per heavy atom. The summed E-state index contributed by atoms with van der Waals surface area (Å²) >= 11 is 0. The van der Waals surface area contributed by atoms with Gasteiger partial charge in [0.2, 0.25) is 0 Å². The molecule has 7 nitrogen and oxygen atoms in total. The van der Waals surface area contributed by atoms with Crippen LogP contribution in [0.3, 0.4) is 0 Å². The van der Waals surface area contributed by atoms with E-state index < -0.39 is 0 Å². The van der Waals surface area contributed by atoms with Crippen molar-refractivity contribution in [1.82, 2.24) is 14.9 Å². The third kappa shape index (κ3) is 5.40. The lowest BCUT2D eigenvalue weighted by Crippen LogP contribution is -2.25. The van der Waals surface area contributed by atoms with Gasteiger partial charge in [-0.3, -0.25) is 4.79 Å². The maximum Gasteiger partial charge on any atom is 0.251 e. The molecule has 4 aromatic rings. The first-order chi connectivity index (χ1) is 17.0. The van der Waals surface area contributed by atoms with E-state index in [9.17, 15) is 4.79 Å². The van der Waals surface area contributed by atoms with Gasteiger partial charge in [-0.15, -0.1) is 0 Å². The summed E-state index contributed by atoms with van der Waals surface area (Å²) in [5, 5.41) is 2.98. The van der Waals surface area contributed by atoms with Crippen LogP contribution in [0, 0.1) is 0 Å². The van der Waals surface area contributed by atoms with Gasteiger partial charge in [-0.05, 0) is 47.9 Å². The highest BCUT2D eigenvalue weighted by molar-refractivity contribution is 5.94. The van der Waals surface area contributed by atoms with E-state index in [2.05, 4.69) is 29.8 Å². The van der Waals surface area contributed by atoms with Crippen molar-refractivity contribution < 1.29 is 19.0 Å². The van der Waals surface area contributed by atoms with Crippen LogP contribution in [0.2, 0.25) is 0 Å². The molecule has 0 saturated heterocycles. The number of rotatable bonds is 10. The van der Waals surface area contributed by atoms with Crippen molar-refractivity contribution in [3.8, 4) is 17.2 Å². The zero-order chi connectivity index (χ0) is 24.8. The van der Waals surface area contributed by atoms with Crippen LogP contribution >= 0.6 is 0 Å². The summed E-state index contributed by atoms with van der Waals surface area (Å²) in [7, 11) is 3.11. The summed E-state index contributed by atoms with van der Waals surface area (Å²) in [4.78, 5) is 17.6. The van der Waals surface area contributed by atoms with Crippen LogP contribution in [0.15, 0.2) is 66.7 Å². The van der Waals surface area contributed by atoms with Gasteiger partial charge in [0.25, 0.3) is 5.91 Å². The number of fused-ring (bicyclic) bond motifs is 1. The minimum atomic E-state index is -0.216. The smallest absolute Gasteiger partial charge is 0.251 e. The van der Waals surface area contributed by atoms with Gasteiger partial charge in [0.1, 0.15) is 18.2 Å². The first-order valence-electron chi connectivity index (χ1n) is 11.7. The Labute approximate surface area is 205 Å². The van der Waals surface area contributed by atoms with Gasteiger partial charge < -0.3 is 24.1 Å². The molecule has 3 aromatic carbocycles. The number of carbonyl (C=O) groups excluding carboxylic acids is 1. The normalized spacial score (nSPS) is 11.0. The van der Waals surface area contributed by atoms with Gasteiger partial charge >= 0.3 is 0 Å². The molecule has 1 amide bonds. The first kappa shape index (κ1) is 24.1. The molecular weight excluding hydrogens is 442 g/mol. The predicted molar refractivity (Wildman–Crippen MR) is 136 cm³/mol. The van der Waals surface area contributed by atoms with Crippen LogP contribution in [0.5, 0.6) is 17.2 Å². The van der Waals surface area contributed by atoms with Crippen molar-refractivity contribution in [2.24, 2.45) is 0 Å². The molecule has 0 aliphatic heterocycles. The second-order valence-corrected chi connectivity index (χ2v) is 8.46. The van der Waals surface area contributed by atoms with Crippen molar-refractivity contribution in [2.75, 3.05) is 20.8 Å². The monoisotopic (exact) mass is 473 g/mol. The molecule has 7 heteroatoms. The molecule has 0 aliphatic carbocycles. The van der Waals surface area contributed by atoms with Crippen molar-refractivity contribution in [3.63, 3.8) is 0 Å². The fourth-order valence-corrected chi connectivity index (χ4v) is 4.08. The number of carbonyl (C=O) groups is 1. The number of imidazole rings is 1. The average molecular weight is 474 g/mol. The molecule has 0 radical (unpaired) electrons. The van der Waals surface area contributed by atoms with Crippen LogP contribution < -0.4 is 19.5 Å². The largest absolute Gasteiger partial charge is 0.493 e. The summed E-state index contributed by atoms with van der Waals surface area (Å²) in [6.07, 6.45) is 0. The second-order valence-electron chi connectivity index (χ2n) is 8.46. The zero-order valence-corrected chi connectivity index (χ0v) is 20.6. The summed E-state index contributed by atoms with van der Waals surface area (Å²) in [5.41, 5.74) is 3.55. The van der Waals surface area contributed by atoms with Crippen molar-refractivity contribution in [3.05, 3.63) is 83.7 Å². The molecule has 35 heavy (non-hydrogen) atoms. The number of hydrogen-bond acceptors (Lipinski definition) is 5. The number of benzene rings is 3. The molecule has 1 aromatic heterocycles. The lowest BCUT2D eigenvalue weighted by atomic mass is 10.0. The molecule has 182 valence electrons. The van der Waals surface area contributed by atoms with E-state index in [0.717, 1.165) is 22.6 Å². The number of hydrogen-bond donors (Lipinski definition) is 1. The van der Waals surface area contributed by atoms with Crippen molar-refractivity contribution in [2.45, 2.75) is 32.9 Å². The quantitative estimate of drug-likeness (QED) is 0.343. The third-order valence-electron chi connectivity index (χ3n) is 5.90. The Hall–Kier alpha value is -4.00. The molecule has 0 saturated carbocycles. The Bertz CT molecular complexity index is 1310. The summed E-state index contributed by atoms with van der Waals surface area (Å²) in [6.45, 7) is 5.69. The SMILES string of the molecule is COc1ccc(C(=O)NCc2nc3ccccc3n2CCOc2ccccc2C(C)C)cc1OC. The zero-order valence-electron chi connectivity index (χ0n) is 20.6. The summed E-state index contributed by atoms with van der Waals surface area (Å²) in [6, 6.07) is 21.2. The second kappa shape index (κ2) is 11.0. The van der Waals surface area contributed by atoms with Crippen LogP contribution in [-0.4, -0.2) is 36.3 Å². The van der Waals surface area contributed by atoms with Gasteiger partial charge in [-0.1, -0.05) is 44.2 Å². The van der Waals surface area contributed by atoms with Crippen molar-refractivity contribution >= 4 is 16.9 Å². The fraction of sp³-hybridized carbons (Fsp3) is 0.286. The highest BCUT2D eigenvalue weighted by Crippen LogP contribution is 2.28. The maximum absolute atomic E-state index is 12.8. The molecule has 0 bridgehead atoms. The minimum Gasteiger partial charge on any atom is -0.493 e. The number of nitrogens with one attached hydrogen (secondary N) is 1. The van der Waals surface area contributed by atoms with E-state index in [1.165, 1.54) is 5.56 Å². The number of methoxy groups -OCH3 is 2. The average Bonchev–Trinajstić information content (AvgIpc) is 3.24. The lowest BCUT2D eigenvalue weighted by Gasteiger charge is -2.15. The van der Waals surface area contributed by atoms with Crippen molar-refractivity contribution in [1.29, 1.82) is 0 Å². The van der Waals surface area contributed by atoms with E-state index in [1.807, 2.05) is 42.5 Å². The van der Waals surface area contributed by atoms with E-state index in [4.69, 9.17) is 19.2 Å². The number of ether oxygens (including phenoxy) is 3. The minimum absolute atomic E-state index is 0.216. The Kier molecular flexibility index (Phi) is 7.55. The Morgan fingerprint density at radius 2 is 1.69 bits per heavy atom. The standard InChI is InChI=1S/C28H31N3O4/c1-19(2)21-9-5-8-12-24(21)35-16-15-31-23-11-7-6-10-22(23)30-27(31)18-29-28(32)20-13-14-25(33-3)26(17-20)34-4/h5-14,17,19H,15-16,18H2,1-4H3,(H,29,32). The summed E-state index contributed by atoms with van der Waals surface area (Å²) < 4.78 is 18.8. The van der Waals surface area contributed by atoms with Gasteiger partial charge in [0.05, 0.1) is 38.3 Å².